The Morgan fingerprint density at radius 3 is 2.33 bits per heavy atom. The minimum absolute atomic E-state index is 0.577. The molecule has 0 unspecified atom stereocenters. The standard InChI is InChI=1S/C16H26N4S/c21-15-18-17-14(20(15)13-5-1-2-6-13)19-11-9-16(10-12-19)7-3-4-8-16/h13H,1-12H2,(H,18,21). The van der Waals surface area contributed by atoms with E-state index in [0.29, 0.717) is 11.5 Å². The molecule has 3 fully saturated rings. The molecule has 0 amide bonds. The second-order valence-corrected chi connectivity index (χ2v) is 7.72. The average Bonchev–Trinajstić information content (AvgIpc) is 3.21. The maximum absolute atomic E-state index is 5.50. The normalized spacial score (nSPS) is 26.0. The largest absolute Gasteiger partial charge is 0.341 e. The van der Waals surface area contributed by atoms with E-state index < -0.39 is 0 Å². The Morgan fingerprint density at radius 2 is 1.67 bits per heavy atom. The number of nitrogens with one attached hydrogen (secondary N) is 1. The van der Waals surface area contributed by atoms with Gasteiger partial charge in [-0.1, -0.05) is 25.7 Å². The van der Waals surface area contributed by atoms with Gasteiger partial charge in [0.2, 0.25) is 5.95 Å². The number of hydrogen-bond acceptors (Lipinski definition) is 3. The van der Waals surface area contributed by atoms with Gasteiger partial charge < -0.3 is 4.90 Å². The molecular weight excluding hydrogens is 280 g/mol. The van der Waals surface area contributed by atoms with E-state index in [2.05, 4.69) is 19.7 Å². The minimum Gasteiger partial charge on any atom is -0.341 e. The molecule has 0 bridgehead atoms. The van der Waals surface area contributed by atoms with Gasteiger partial charge in [0.05, 0.1) is 0 Å². The molecule has 2 aliphatic carbocycles. The molecule has 0 atom stereocenters. The summed E-state index contributed by atoms with van der Waals surface area (Å²) < 4.78 is 3.13. The summed E-state index contributed by atoms with van der Waals surface area (Å²) in [5.74, 6) is 1.11. The number of aromatic nitrogens is 3. The number of hydrogen-bond donors (Lipinski definition) is 1. The highest BCUT2D eigenvalue weighted by atomic mass is 32.1. The number of H-pyrrole nitrogens is 1. The lowest BCUT2D eigenvalue weighted by Crippen LogP contribution is -2.40. The average molecular weight is 306 g/mol. The molecule has 21 heavy (non-hydrogen) atoms. The van der Waals surface area contributed by atoms with Gasteiger partial charge in [-0.15, -0.1) is 5.10 Å². The molecule has 1 aliphatic heterocycles. The Morgan fingerprint density at radius 1 is 1.00 bits per heavy atom. The third-order valence-electron chi connectivity index (χ3n) is 6.15. The highest BCUT2D eigenvalue weighted by Gasteiger charge is 2.38. The predicted molar refractivity (Wildman–Crippen MR) is 87.3 cm³/mol. The van der Waals surface area contributed by atoms with Crippen molar-refractivity contribution in [2.75, 3.05) is 18.0 Å². The second-order valence-electron chi connectivity index (χ2n) is 7.33. The molecule has 3 aliphatic rings. The van der Waals surface area contributed by atoms with Crippen LogP contribution >= 0.6 is 12.2 Å². The molecule has 2 saturated carbocycles. The Bertz CT molecular complexity index is 539. The third-order valence-corrected chi connectivity index (χ3v) is 6.43. The van der Waals surface area contributed by atoms with Crippen molar-refractivity contribution in [2.45, 2.75) is 70.3 Å². The summed E-state index contributed by atoms with van der Waals surface area (Å²) in [6.45, 7) is 2.32. The van der Waals surface area contributed by atoms with Gasteiger partial charge in [-0.2, -0.15) is 0 Å². The smallest absolute Gasteiger partial charge is 0.225 e. The summed E-state index contributed by atoms with van der Waals surface area (Å²) in [5.41, 5.74) is 0.668. The lowest BCUT2D eigenvalue weighted by molar-refractivity contribution is 0.224. The molecule has 0 radical (unpaired) electrons. The van der Waals surface area contributed by atoms with Crippen molar-refractivity contribution in [1.29, 1.82) is 0 Å². The van der Waals surface area contributed by atoms with Crippen molar-refractivity contribution >= 4 is 18.2 Å². The van der Waals surface area contributed by atoms with E-state index in [0.717, 1.165) is 23.8 Å². The van der Waals surface area contributed by atoms with E-state index in [1.54, 1.807) is 0 Å². The number of nitrogens with zero attached hydrogens (tertiary/aromatic N) is 3. The van der Waals surface area contributed by atoms with Gasteiger partial charge in [-0.3, -0.25) is 4.57 Å². The SMILES string of the molecule is S=c1[nH]nc(N2CCC3(CCCC3)CC2)n1C1CCCC1. The van der Waals surface area contributed by atoms with Crippen LogP contribution in [-0.4, -0.2) is 27.9 Å². The van der Waals surface area contributed by atoms with Crippen molar-refractivity contribution in [3.05, 3.63) is 4.77 Å². The molecule has 1 saturated heterocycles. The quantitative estimate of drug-likeness (QED) is 0.831. The van der Waals surface area contributed by atoms with Gasteiger partial charge in [-0.05, 0) is 56.2 Å². The summed E-state index contributed by atoms with van der Waals surface area (Å²) in [4.78, 5) is 2.48. The van der Waals surface area contributed by atoms with Gasteiger partial charge in [-0.25, -0.2) is 5.10 Å². The lowest BCUT2D eigenvalue weighted by Gasteiger charge is -2.40. The number of rotatable bonds is 2. The summed E-state index contributed by atoms with van der Waals surface area (Å²) in [7, 11) is 0. The highest BCUT2D eigenvalue weighted by molar-refractivity contribution is 7.71. The van der Waals surface area contributed by atoms with Gasteiger partial charge in [0.1, 0.15) is 0 Å². The molecule has 1 spiro atoms. The number of piperidine rings is 1. The lowest BCUT2D eigenvalue weighted by atomic mass is 9.77. The van der Waals surface area contributed by atoms with Gasteiger partial charge in [0.15, 0.2) is 4.77 Å². The van der Waals surface area contributed by atoms with Gasteiger partial charge in [0, 0.05) is 19.1 Å². The van der Waals surface area contributed by atoms with Crippen LogP contribution in [-0.2, 0) is 0 Å². The third kappa shape index (κ3) is 2.43. The molecule has 1 aromatic rings. The minimum atomic E-state index is 0.577. The second kappa shape index (κ2) is 5.41. The van der Waals surface area contributed by atoms with Crippen LogP contribution in [0.2, 0.25) is 0 Å². The van der Waals surface area contributed by atoms with Crippen molar-refractivity contribution in [3.63, 3.8) is 0 Å². The van der Waals surface area contributed by atoms with E-state index in [4.69, 9.17) is 12.2 Å². The molecule has 1 N–H and O–H groups in total. The monoisotopic (exact) mass is 306 g/mol. The van der Waals surface area contributed by atoms with Gasteiger partial charge >= 0.3 is 0 Å². The summed E-state index contributed by atoms with van der Waals surface area (Å²) in [5, 5.41) is 7.62. The number of anilines is 1. The Kier molecular flexibility index (Phi) is 3.56. The van der Waals surface area contributed by atoms with E-state index in [1.165, 1.54) is 64.2 Å². The van der Waals surface area contributed by atoms with Crippen LogP contribution in [0.1, 0.15) is 70.3 Å². The van der Waals surface area contributed by atoms with Crippen LogP contribution in [0.4, 0.5) is 5.95 Å². The fourth-order valence-corrected chi connectivity index (χ4v) is 5.09. The molecule has 1 aromatic heterocycles. The summed E-state index contributed by atoms with van der Waals surface area (Å²) in [6, 6.07) is 0.577. The zero-order valence-corrected chi connectivity index (χ0v) is 13.6. The fourth-order valence-electron chi connectivity index (χ4n) is 4.82. The summed E-state index contributed by atoms with van der Waals surface area (Å²) >= 11 is 5.50. The maximum Gasteiger partial charge on any atom is 0.225 e. The molecule has 4 rings (SSSR count). The zero-order valence-electron chi connectivity index (χ0n) is 12.8. The van der Waals surface area contributed by atoms with Crippen LogP contribution in [0.15, 0.2) is 0 Å². The van der Waals surface area contributed by atoms with E-state index in [9.17, 15) is 0 Å². The molecule has 4 nitrogen and oxygen atoms in total. The van der Waals surface area contributed by atoms with Crippen molar-refractivity contribution in [3.8, 4) is 0 Å². The first kappa shape index (κ1) is 13.8. The maximum atomic E-state index is 5.50. The van der Waals surface area contributed by atoms with Crippen molar-refractivity contribution in [2.24, 2.45) is 5.41 Å². The first-order valence-electron chi connectivity index (χ1n) is 8.69. The van der Waals surface area contributed by atoms with E-state index in [1.807, 2.05) is 0 Å². The topological polar surface area (TPSA) is 36.9 Å². The Hall–Kier alpha value is -0.840. The molecule has 0 aromatic carbocycles. The Labute approximate surface area is 131 Å². The van der Waals surface area contributed by atoms with E-state index in [-0.39, 0.29) is 0 Å². The van der Waals surface area contributed by atoms with Crippen LogP contribution in [0, 0.1) is 10.2 Å². The van der Waals surface area contributed by atoms with Crippen LogP contribution < -0.4 is 4.90 Å². The number of aromatic amines is 1. The first-order chi connectivity index (χ1) is 10.3. The Balaban J connectivity index is 1.53. The van der Waals surface area contributed by atoms with Crippen molar-refractivity contribution in [1.82, 2.24) is 14.8 Å². The van der Waals surface area contributed by atoms with Gasteiger partial charge in [0.25, 0.3) is 0 Å². The highest BCUT2D eigenvalue weighted by Crippen LogP contribution is 2.46. The summed E-state index contributed by atoms with van der Waals surface area (Å²) in [6.07, 6.45) is 13.7. The first-order valence-corrected chi connectivity index (χ1v) is 9.10. The van der Waals surface area contributed by atoms with Crippen LogP contribution in [0.3, 0.4) is 0 Å². The van der Waals surface area contributed by atoms with Crippen LogP contribution in [0.5, 0.6) is 0 Å². The van der Waals surface area contributed by atoms with E-state index >= 15 is 0 Å². The molecule has 2 heterocycles. The fraction of sp³-hybridized carbons (Fsp3) is 0.875. The predicted octanol–water partition coefficient (Wildman–Crippen LogP) is 4.22. The molecule has 116 valence electrons. The van der Waals surface area contributed by atoms with Crippen molar-refractivity contribution < 1.29 is 0 Å². The molecular formula is C16H26N4S. The van der Waals surface area contributed by atoms with Crippen LogP contribution in [0.25, 0.3) is 0 Å². The molecule has 5 heteroatoms. The zero-order chi connectivity index (χ0) is 14.3.